The quantitative estimate of drug-likeness (QED) is 0.595. The van der Waals surface area contributed by atoms with Crippen molar-refractivity contribution in [3.8, 4) is 5.75 Å². The molecule has 0 saturated heterocycles. The Labute approximate surface area is 161 Å². The number of methoxy groups -OCH3 is 1. The molecule has 0 aliphatic carbocycles. The molecule has 0 fully saturated rings. The van der Waals surface area contributed by atoms with Crippen molar-refractivity contribution in [2.24, 2.45) is 4.99 Å². The average molecular weight is 374 g/mol. The molecule has 1 atom stereocenters. The molecule has 0 spiro atoms. The molecule has 7 heteroatoms. The number of hydrogen-bond acceptors (Lipinski definition) is 5. The smallest absolute Gasteiger partial charge is 0.232 e. The van der Waals surface area contributed by atoms with Gasteiger partial charge in [-0.1, -0.05) is 43.6 Å². The van der Waals surface area contributed by atoms with Crippen LogP contribution in [0.25, 0.3) is 0 Å². The highest BCUT2D eigenvalue weighted by Crippen LogP contribution is 2.26. The molecule has 2 rings (SSSR count). The third-order valence-electron chi connectivity index (χ3n) is 4.04. The number of hydrogen-bond donors (Lipinski definition) is 2. The van der Waals surface area contributed by atoms with E-state index in [1.54, 1.807) is 7.11 Å². The van der Waals surface area contributed by atoms with E-state index < -0.39 is 0 Å². The first-order valence-electron chi connectivity index (χ1n) is 9.27. The van der Waals surface area contributed by atoms with Crippen LogP contribution in [0.15, 0.2) is 27.7 Å². The molecule has 2 aromatic rings. The highest BCUT2D eigenvalue weighted by molar-refractivity contribution is 5.80. The second-order valence-electron chi connectivity index (χ2n) is 7.57. The van der Waals surface area contributed by atoms with Crippen LogP contribution in [0, 0.1) is 6.92 Å². The fraction of sp³-hybridized carbons (Fsp3) is 0.550. The zero-order valence-corrected chi connectivity index (χ0v) is 17.4. The maximum absolute atomic E-state index is 5.49. The minimum atomic E-state index is -0.173. The van der Waals surface area contributed by atoms with Crippen molar-refractivity contribution in [1.29, 1.82) is 0 Å². The number of nitrogens with zero attached hydrogens (tertiary/aromatic N) is 3. The van der Waals surface area contributed by atoms with Crippen LogP contribution >= 0.6 is 0 Å². The van der Waals surface area contributed by atoms with Gasteiger partial charge in [-0.15, -0.1) is 0 Å². The van der Waals surface area contributed by atoms with E-state index in [1.807, 2.05) is 39.8 Å². The van der Waals surface area contributed by atoms with Crippen molar-refractivity contribution in [1.82, 2.24) is 20.8 Å². The van der Waals surface area contributed by atoms with Gasteiger partial charge in [-0.05, 0) is 26.8 Å². The third-order valence-corrected chi connectivity index (χ3v) is 4.04. The summed E-state index contributed by atoms with van der Waals surface area (Å²) in [5, 5.41) is 10.7. The van der Waals surface area contributed by atoms with Gasteiger partial charge in [-0.2, -0.15) is 4.98 Å². The van der Waals surface area contributed by atoms with Crippen LogP contribution in [-0.2, 0) is 12.0 Å². The lowest BCUT2D eigenvalue weighted by molar-refractivity contribution is 0.318. The average Bonchev–Trinajstić information content (AvgIpc) is 3.09. The number of benzene rings is 1. The fourth-order valence-corrected chi connectivity index (χ4v) is 2.57. The first kappa shape index (κ1) is 20.7. The lowest BCUT2D eigenvalue weighted by atomic mass is 9.97. The van der Waals surface area contributed by atoms with Gasteiger partial charge in [0.05, 0.1) is 13.2 Å². The van der Waals surface area contributed by atoms with Crippen LogP contribution in [-0.4, -0.2) is 29.8 Å². The molecule has 0 bridgehead atoms. The van der Waals surface area contributed by atoms with Crippen LogP contribution in [0.4, 0.5) is 0 Å². The summed E-state index contributed by atoms with van der Waals surface area (Å²) in [7, 11) is 1.68. The monoisotopic (exact) mass is 373 g/mol. The molecular formula is C20H31N5O2. The summed E-state index contributed by atoms with van der Waals surface area (Å²) in [6.07, 6.45) is 0. The molecule has 7 nitrogen and oxygen atoms in total. The molecule has 1 aromatic heterocycles. The second kappa shape index (κ2) is 8.88. The summed E-state index contributed by atoms with van der Waals surface area (Å²) >= 11 is 0. The summed E-state index contributed by atoms with van der Waals surface area (Å²) in [6, 6.07) is 6.17. The molecule has 27 heavy (non-hydrogen) atoms. The van der Waals surface area contributed by atoms with Crippen molar-refractivity contribution in [2.75, 3.05) is 13.7 Å². The fourth-order valence-electron chi connectivity index (χ4n) is 2.57. The van der Waals surface area contributed by atoms with E-state index in [-0.39, 0.29) is 11.5 Å². The second-order valence-corrected chi connectivity index (χ2v) is 7.57. The van der Waals surface area contributed by atoms with E-state index >= 15 is 0 Å². The van der Waals surface area contributed by atoms with E-state index in [0.717, 1.165) is 17.9 Å². The maximum Gasteiger partial charge on any atom is 0.232 e. The van der Waals surface area contributed by atoms with Gasteiger partial charge in [0.25, 0.3) is 0 Å². The van der Waals surface area contributed by atoms with E-state index in [1.165, 1.54) is 5.56 Å². The normalized spacial score (nSPS) is 13.4. The van der Waals surface area contributed by atoms with Gasteiger partial charge in [0.15, 0.2) is 11.8 Å². The van der Waals surface area contributed by atoms with Gasteiger partial charge in [0.2, 0.25) is 5.89 Å². The minimum Gasteiger partial charge on any atom is -0.496 e. The van der Waals surface area contributed by atoms with Crippen molar-refractivity contribution < 1.29 is 9.26 Å². The van der Waals surface area contributed by atoms with Gasteiger partial charge in [0.1, 0.15) is 12.3 Å². The third kappa shape index (κ3) is 5.70. The van der Waals surface area contributed by atoms with E-state index in [4.69, 9.17) is 9.26 Å². The largest absolute Gasteiger partial charge is 0.496 e. The lowest BCUT2D eigenvalue weighted by Crippen LogP contribution is -2.38. The molecule has 0 aliphatic heterocycles. The van der Waals surface area contributed by atoms with Gasteiger partial charge in [-0.3, -0.25) is 0 Å². The minimum absolute atomic E-state index is 0.0213. The van der Waals surface area contributed by atoms with Crippen molar-refractivity contribution in [3.63, 3.8) is 0 Å². The van der Waals surface area contributed by atoms with E-state index in [9.17, 15) is 0 Å². The Bertz CT molecular complexity index is 777. The number of rotatable bonds is 6. The van der Waals surface area contributed by atoms with Gasteiger partial charge in [0, 0.05) is 17.5 Å². The molecule has 0 radical (unpaired) electrons. The van der Waals surface area contributed by atoms with Crippen molar-refractivity contribution in [3.05, 3.63) is 41.0 Å². The summed E-state index contributed by atoms with van der Waals surface area (Å²) in [5.74, 6) is 2.72. The Morgan fingerprint density at radius 1 is 1.33 bits per heavy atom. The van der Waals surface area contributed by atoms with Gasteiger partial charge >= 0.3 is 0 Å². The molecular weight excluding hydrogens is 342 g/mol. The molecule has 1 aromatic carbocycles. The van der Waals surface area contributed by atoms with Crippen LogP contribution < -0.4 is 15.4 Å². The SMILES string of the molecule is CCNC(=NCc1noc(C(C)(C)C)n1)NC(C)c1cc(C)ccc1OC. The number of nitrogens with one attached hydrogen (secondary N) is 2. The van der Waals surface area contributed by atoms with Gasteiger partial charge < -0.3 is 19.9 Å². The summed E-state index contributed by atoms with van der Waals surface area (Å²) in [4.78, 5) is 9.02. The van der Waals surface area contributed by atoms with E-state index in [0.29, 0.717) is 24.2 Å². The molecule has 0 aliphatic rings. The summed E-state index contributed by atoms with van der Waals surface area (Å²) < 4.78 is 10.8. The Hall–Kier alpha value is -2.57. The Morgan fingerprint density at radius 3 is 2.67 bits per heavy atom. The van der Waals surface area contributed by atoms with Crippen LogP contribution in [0.3, 0.4) is 0 Å². The van der Waals surface area contributed by atoms with Crippen LogP contribution in [0.1, 0.15) is 63.5 Å². The molecule has 1 heterocycles. The Balaban J connectivity index is 2.13. The highest BCUT2D eigenvalue weighted by Gasteiger charge is 2.21. The number of ether oxygens (including phenoxy) is 1. The van der Waals surface area contributed by atoms with Crippen molar-refractivity contribution >= 4 is 5.96 Å². The van der Waals surface area contributed by atoms with Gasteiger partial charge in [-0.25, -0.2) is 4.99 Å². The first-order chi connectivity index (χ1) is 12.7. The molecule has 0 amide bonds. The topological polar surface area (TPSA) is 84.6 Å². The lowest BCUT2D eigenvalue weighted by Gasteiger charge is -2.20. The van der Waals surface area contributed by atoms with Crippen LogP contribution in [0.5, 0.6) is 5.75 Å². The maximum atomic E-state index is 5.49. The number of aliphatic imine (C=N–C) groups is 1. The number of guanidine groups is 1. The Kier molecular flexibility index (Phi) is 6.82. The first-order valence-corrected chi connectivity index (χ1v) is 9.27. The molecule has 148 valence electrons. The zero-order valence-electron chi connectivity index (χ0n) is 17.4. The number of aryl methyl sites for hydroxylation is 1. The molecule has 0 saturated carbocycles. The standard InChI is InChI=1S/C20H31N5O2/c1-8-21-19(22-12-17-24-18(27-25-17)20(4,5)6)23-14(3)15-11-13(2)9-10-16(15)26-7/h9-11,14H,8,12H2,1-7H3,(H2,21,22,23). The highest BCUT2D eigenvalue weighted by atomic mass is 16.5. The summed E-state index contributed by atoms with van der Waals surface area (Å²) in [6.45, 7) is 13.4. The zero-order chi connectivity index (χ0) is 20.0. The predicted molar refractivity (Wildman–Crippen MR) is 107 cm³/mol. The number of aromatic nitrogens is 2. The molecule has 1 unspecified atom stereocenters. The van der Waals surface area contributed by atoms with E-state index in [2.05, 4.69) is 45.7 Å². The summed E-state index contributed by atoms with van der Waals surface area (Å²) in [5.41, 5.74) is 2.09. The predicted octanol–water partition coefficient (Wildman–Crippen LogP) is 3.50. The van der Waals surface area contributed by atoms with Crippen LogP contribution in [0.2, 0.25) is 0 Å². The van der Waals surface area contributed by atoms with Crippen molar-refractivity contribution in [2.45, 2.75) is 59.5 Å². The molecule has 2 N–H and O–H groups in total. The Morgan fingerprint density at radius 2 is 2.07 bits per heavy atom.